The van der Waals surface area contributed by atoms with Gasteiger partial charge in [-0.2, -0.15) is 0 Å². The monoisotopic (exact) mass is 209 g/mol. The maximum absolute atomic E-state index is 12.1. The van der Waals surface area contributed by atoms with Gasteiger partial charge in [-0.15, -0.1) is 11.8 Å². The summed E-state index contributed by atoms with van der Waals surface area (Å²) in [5.74, 6) is 1.51. The van der Waals surface area contributed by atoms with Gasteiger partial charge in [0.2, 0.25) is 5.91 Å². The molecule has 3 nitrogen and oxygen atoms in total. The lowest BCUT2D eigenvalue weighted by Crippen LogP contribution is -2.39. The second kappa shape index (κ2) is 2.19. The van der Waals surface area contributed by atoms with Crippen molar-refractivity contribution in [1.29, 1.82) is 0 Å². The molecule has 2 bridgehead atoms. The third-order valence-electron chi connectivity index (χ3n) is 3.80. The molecule has 1 amide bonds. The van der Waals surface area contributed by atoms with Gasteiger partial charge < -0.3 is 9.64 Å². The predicted molar refractivity (Wildman–Crippen MR) is 52.8 cm³/mol. The number of thioether (sulfide) groups is 1. The van der Waals surface area contributed by atoms with E-state index in [0.29, 0.717) is 5.91 Å². The van der Waals surface area contributed by atoms with E-state index in [9.17, 15) is 4.79 Å². The molecule has 4 heterocycles. The minimum atomic E-state index is -0.247. The Balaban J connectivity index is 1.88. The van der Waals surface area contributed by atoms with Gasteiger partial charge in [0.05, 0.1) is 12.0 Å². The fourth-order valence-electron chi connectivity index (χ4n) is 3.22. The van der Waals surface area contributed by atoms with Crippen LogP contribution in [0.1, 0.15) is 6.42 Å². The summed E-state index contributed by atoms with van der Waals surface area (Å²) in [6, 6.07) is 0. The van der Waals surface area contributed by atoms with Crippen molar-refractivity contribution in [3.8, 4) is 0 Å². The van der Waals surface area contributed by atoms with Crippen molar-refractivity contribution in [1.82, 2.24) is 4.90 Å². The molecule has 14 heavy (non-hydrogen) atoms. The van der Waals surface area contributed by atoms with Crippen LogP contribution in [-0.4, -0.2) is 40.2 Å². The molecule has 4 atom stereocenters. The Labute approximate surface area is 86.5 Å². The summed E-state index contributed by atoms with van der Waals surface area (Å²) >= 11 is 1.87. The summed E-state index contributed by atoms with van der Waals surface area (Å²) < 4.78 is 5.97. The molecule has 4 aliphatic rings. The summed E-state index contributed by atoms with van der Waals surface area (Å²) in [7, 11) is 0. The zero-order chi connectivity index (χ0) is 9.34. The number of carbonyl (C=O) groups is 1. The largest absolute Gasteiger partial charge is 0.360 e. The Hall–Kier alpha value is -0.480. The van der Waals surface area contributed by atoms with Crippen molar-refractivity contribution in [2.45, 2.75) is 23.5 Å². The van der Waals surface area contributed by atoms with E-state index in [-0.39, 0.29) is 23.0 Å². The number of amides is 1. The van der Waals surface area contributed by atoms with Crippen LogP contribution < -0.4 is 0 Å². The highest BCUT2D eigenvalue weighted by Gasteiger charge is 2.66. The van der Waals surface area contributed by atoms with E-state index in [0.717, 1.165) is 18.7 Å². The molecule has 0 aromatic carbocycles. The van der Waals surface area contributed by atoms with E-state index >= 15 is 0 Å². The molecule has 0 saturated carbocycles. The Morgan fingerprint density at radius 3 is 3.43 bits per heavy atom. The van der Waals surface area contributed by atoms with Crippen molar-refractivity contribution in [3.05, 3.63) is 12.2 Å². The smallest absolute Gasteiger partial charge is 0.230 e. The first-order chi connectivity index (χ1) is 6.81. The number of hydrogen-bond donors (Lipinski definition) is 0. The number of hydrogen-bond acceptors (Lipinski definition) is 3. The van der Waals surface area contributed by atoms with Gasteiger partial charge in [-0.05, 0) is 6.42 Å². The van der Waals surface area contributed by atoms with Crippen LogP contribution in [-0.2, 0) is 9.53 Å². The Bertz CT molecular complexity index is 356. The van der Waals surface area contributed by atoms with Gasteiger partial charge in [0, 0.05) is 12.3 Å². The Kier molecular flexibility index (Phi) is 1.22. The average molecular weight is 209 g/mol. The summed E-state index contributed by atoms with van der Waals surface area (Å²) in [4.78, 5) is 14.1. The van der Waals surface area contributed by atoms with Gasteiger partial charge >= 0.3 is 0 Å². The van der Waals surface area contributed by atoms with Crippen LogP contribution in [0.4, 0.5) is 0 Å². The van der Waals surface area contributed by atoms with Crippen LogP contribution in [0.25, 0.3) is 0 Å². The fourth-order valence-corrected chi connectivity index (χ4v) is 4.69. The topological polar surface area (TPSA) is 29.5 Å². The first-order valence-electron chi connectivity index (χ1n) is 5.10. The van der Waals surface area contributed by atoms with Gasteiger partial charge in [0.25, 0.3) is 0 Å². The third-order valence-corrected chi connectivity index (χ3v) is 5.15. The highest BCUT2D eigenvalue weighted by Crippen LogP contribution is 2.56. The Morgan fingerprint density at radius 1 is 1.64 bits per heavy atom. The quantitative estimate of drug-likeness (QED) is 0.548. The minimum Gasteiger partial charge on any atom is -0.360 e. The molecule has 4 rings (SSSR count). The van der Waals surface area contributed by atoms with E-state index in [4.69, 9.17) is 4.74 Å². The summed E-state index contributed by atoms with van der Waals surface area (Å²) in [5, 5.41) is 0.267. The molecule has 4 heteroatoms. The number of fused-ring (bicyclic) bond motifs is 2. The van der Waals surface area contributed by atoms with E-state index < -0.39 is 0 Å². The van der Waals surface area contributed by atoms with E-state index in [1.165, 1.54) is 0 Å². The molecule has 0 unspecified atom stereocenters. The van der Waals surface area contributed by atoms with Crippen molar-refractivity contribution in [2.24, 2.45) is 5.92 Å². The maximum Gasteiger partial charge on any atom is 0.230 e. The number of nitrogens with zero attached hydrogens (tertiary/aromatic N) is 1. The zero-order valence-corrected chi connectivity index (χ0v) is 8.50. The van der Waals surface area contributed by atoms with Crippen LogP contribution in [0.15, 0.2) is 12.2 Å². The minimum absolute atomic E-state index is 0.121. The molecular weight excluding hydrogens is 198 g/mol. The van der Waals surface area contributed by atoms with Crippen molar-refractivity contribution < 1.29 is 9.53 Å². The van der Waals surface area contributed by atoms with Crippen LogP contribution in [0.5, 0.6) is 0 Å². The molecule has 0 N–H and O–H groups in total. The van der Waals surface area contributed by atoms with Gasteiger partial charge in [-0.1, -0.05) is 12.2 Å². The Morgan fingerprint density at radius 2 is 2.57 bits per heavy atom. The molecule has 0 aliphatic carbocycles. The van der Waals surface area contributed by atoms with E-state index in [1.54, 1.807) is 0 Å². The lowest BCUT2D eigenvalue weighted by atomic mass is 9.85. The first kappa shape index (κ1) is 7.77. The molecule has 3 saturated heterocycles. The van der Waals surface area contributed by atoms with Gasteiger partial charge in [-0.25, -0.2) is 0 Å². The standard InChI is InChI=1S/C10H11NO2S/c12-8-7-5-6-1-2-10(7,13-6)9-11(8)3-4-14-9/h1-2,6-7,9H,3-5H2/t6-,7+,9+,10-/m1/s1. The van der Waals surface area contributed by atoms with E-state index in [2.05, 4.69) is 12.2 Å². The average Bonchev–Trinajstić information content (AvgIpc) is 2.90. The van der Waals surface area contributed by atoms with Crippen LogP contribution in [0.2, 0.25) is 0 Å². The predicted octanol–water partition coefficient (Wildman–Crippen LogP) is 0.615. The third kappa shape index (κ3) is 0.643. The van der Waals surface area contributed by atoms with E-state index in [1.807, 2.05) is 16.7 Å². The van der Waals surface area contributed by atoms with Crippen LogP contribution >= 0.6 is 11.8 Å². The highest BCUT2D eigenvalue weighted by molar-refractivity contribution is 8.00. The summed E-state index contributed by atoms with van der Waals surface area (Å²) in [6.45, 7) is 0.911. The SMILES string of the molecule is O=C1[C@@H]2C[C@H]3C=C[C@]2(O3)[C@@H]2SCCN12. The number of ether oxygens (including phenoxy) is 1. The first-order valence-corrected chi connectivity index (χ1v) is 6.15. The number of carbonyl (C=O) groups excluding carboxylic acids is 1. The second-order valence-electron chi connectivity index (χ2n) is 4.41. The summed E-state index contributed by atoms with van der Waals surface area (Å²) in [6.07, 6.45) is 5.40. The van der Waals surface area contributed by atoms with Crippen molar-refractivity contribution in [2.75, 3.05) is 12.3 Å². The molecule has 3 fully saturated rings. The van der Waals surface area contributed by atoms with Crippen LogP contribution in [0.3, 0.4) is 0 Å². The maximum atomic E-state index is 12.1. The number of rotatable bonds is 0. The highest BCUT2D eigenvalue weighted by atomic mass is 32.2. The fraction of sp³-hybridized carbons (Fsp3) is 0.700. The normalized spacial score (nSPS) is 53.0. The molecule has 0 radical (unpaired) electrons. The van der Waals surface area contributed by atoms with Gasteiger partial charge in [0.15, 0.2) is 0 Å². The molecule has 74 valence electrons. The van der Waals surface area contributed by atoms with Gasteiger partial charge in [-0.3, -0.25) is 4.79 Å². The molecule has 0 aromatic rings. The lowest BCUT2D eigenvalue weighted by molar-refractivity contribution is -0.130. The lowest BCUT2D eigenvalue weighted by Gasteiger charge is -2.27. The van der Waals surface area contributed by atoms with Crippen LogP contribution in [0, 0.1) is 5.92 Å². The van der Waals surface area contributed by atoms with Crippen molar-refractivity contribution in [3.63, 3.8) is 0 Å². The van der Waals surface area contributed by atoms with Gasteiger partial charge in [0.1, 0.15) is 11.0 Å². The second-order valence-corrected chi connectivity index (χ2v) is 5.60. The molecular formula is C10H11NO2S. The zero-order valence-electron chi connectivity index (χ0n) is 7.68. The van der Waals surface area contributed by atoms with Crippen molar-refractivity contribution >= 4 is 17.7 Å². The summed E-state index contributed by atoms with van der Waals surface area (Å²) in [5.41, 5.74) is -0.247. The molecule has 4 aliphatic heterocycles. The molecule has 0 aromatic heterocycles. The molecule has 1 spiro atoms.